The molecule has 0 spiro atoms. The van der Waals surface area contributed by atoms with E-state index in [2.05, 4.69) is 31.1 Å². The van der Waals surface area contributed by atoms with Crippen LogP contribution in [-0.4, -0.2) is 18.1 Å². The van der Waals surface area contributed by atoms with Crippen LogP contribution in [0.3, 0.4) is 0 Å². The lowest BCUT2D eigenvalue weighted by atomic mass is 10.0. The van der Waals surface area contributed by atoms with Crippen molar-refractivity contribution in [3.63, 3.8) is 0 Å². The van der Waals surface area contributed by atoms with Crippen LogP contribution in [0.1, 0.15) is 43.9 Å². The van der Waals surface area contributed by atoms with Crippen molar-refractivity contribution < 1.29 is 0 Å². The molecule has 0 saturated carbocycles. The van der Waals surface area contributed by atoms with E-state index in [0.29, 0.717) is 6.54 Å². The molecule has 1 unspecified atom stereocenters. The van der Waals surface area contributed by atoms with Crippen LogP contribution in [0, 0.1) is 12.8 Å². The van der Waals surface area contributed by atoms with Crippen molar-refractivity contribution in [2.24, 2.45) is 11.7 Å². The number of pyridine rings is 1. The van der Waals surface area contributed by atoms with Gasteiger partial charge in [-0.1, -0.05) is 26.7 Å². The van der Waals surface area contributed by atoms with E-state index >= 15 is 0 Å². The van der Waals surface area contributed by atoms with Crippen LogP contribution in [0.4, 0.5) is 0 Å². The van der Waals surface area contributed by atoms with Crippen molar-refractivity contribution in [1.29, 1.82) is 0 Å². The van der Waals surface area contributed by atoms with Gasteiger partial charge in [0, 0.05) is 25.0 Å². The molecule has 1 atom stereocenters. The fourth-order valence-corrected chi connectivity index (χ4v) is 2.05. The maximum absolute atomic E-state index is 5.85. The average Bonchev–Trinajstić information content (AvgIpc) is 2.36. The van der Waals surface area contributed by atoms with Gasteiger partial charge in [-0.15, -0.1) is 0 Å². The molecule has 0 aliphatic rings. The largest absolute Gasteiger partial charge is 0.329 e. The van der Waals surface area contributed by atoms with Crippen molar-refractivity contribution in [3.8, 4) is 0 Å². The summed E-state index contributed by atoms with van der Waals surface area (Å²) >= 11 is 0. The Hall–Kier alpha value is -0.930. The number of hydrogen-bond acceptors (Lipinski definition) is 3. The van der Waals surface area contributed by atoms with Crippen molar-refractivity contribution in [2.45, 2.75) is 39.7 Å². The first-order valence-corrected chi connectivity index (χ1v) is 6.56. The van der Waals surface area contributed by atoms with Crippen LogP contribution in [0.5, 0.6) is 0 Å². The summed E-state index contributed by atoms with van der Waals surface area (Å²) in [4.78, 5) is 4.19. The highest BCUT2D eigenvalue weighted by Gasteiger charge is 2.13. The van der Waals surface area contributed by atoms with Crippen molar-refractivity contribution >= 4 is 0 Å². The third-order valence-corrected chi connectivity index (χ3v) is 3.50. The van der Waals surface area contributed by atoms with Gasteiger partial charge in [0.2, 0.25) is 0 Å². The smallest absolute Gasteiger partial charge is 0.0462 e. The molecule has 1 aromatic rings. The minimum Gasteiger partial charge on any atom is -0.329 e. The average molecular weight is 235 g/mol. The minimum atomic E-state index is 0.226. The highest BCUT2D eigenvalue weighted by molar-refractivity contribution is 5.25. The lowest BCUT2D eigenvalue weighted by Gasteiger charge is -2.22. The lowest BCUT2D eigenvalue weighted by Crippen LogP contribution is -2.32. The molecule has 96 valence electrons. The SMILES string of the molecule is CCC(CC)CNC(CN)c1cnccc1C. The topological polar surface area (TPSA) is 50.9 Å². The fourth-order valence-electron chi connectivity index (χ4n) is 2.05. The van der Waals surface area contributed by atoms with Crippen molar-refractivity contribution in [3.05, 3.63) is 29.6 Å². The van der Waals surface area contributed by atoms with Crippen molar-refractivity contribution in [1.82, 2.24) is 10.3 Å². The highest BCUT2D eigenvalue weighted by Crippen LogP contribution is 2.16. The first-order valence-electron chi connectivity index (χ1n) is 6.56. The molecule has 1 rings (SSSR count). The van der Waals surface area contributed by atoms with E-state index in [1.165, 1.54) is 24.0 Å². The van der Waals surface area contributed by atoms with Gasteiger partial charge in [-0.3, -0.25) is 4.98 Å². The van der Waals surface area contributed by atoms with E-state index in [4.69, 9.17) is 5.73 Å². The van der Waals surface area contributed by atoms with Gasteiger partial charge in [0.15, 0.2) is 0 Å². The number of hydrogen-bond donors (Lipinski definition) is 2. The second-order valence-corrected chi connectivity index (χ2v) is 4.61. The zero-order chi connectivity index (χ0) is 12.7. The quantitative estimate of drug-likeness (QED) is 0.763. The van der Waals surface area contributed by atoms with Gasteiger partial charge in [0.1, 0.15) is 0 Å². The molecule has 0 aliphatic heterocycles. The number of nitrogens with zero attached hydrogens (tertiary/aromatic N) is 1. The Balaban J connectivity index is 2.63. The third-order valence-electron chi connectivity index (χ3n) is 3.50. The van der Waals surface area contributed by atoms with E-state index in [9.17, 15) is 0 Å². The molecule has 0 radical (unpaired) electrons. The van der Waals surface area contributed by atoms with Gasteiger partial charge in [-0.25, -0.2) is 0 Å². The Labute approximate surface area is 105 Å². The zero-order valence-electron chi connectivity index (χ0n) is 11.2. The van der Waals surface area contributed by atoms with Crippen LogP contribution >= 0.6 is 0 Å². The molecule has 0 saturated heterocycles. The van der Waals surface area contributed by atoms with E-state index < -0.39 is 0 Å². The van der Waals surface area contributed by atoms with Gasteiger partial charge < -0.3 is 11.1 Å². The number of rotatable bonds is 7. The predicted molar refractivity (Wildman–Crippen MR) is 72.8 cm³/mol. The van der Waals surface area contributed by atoms with Gasteiger partial charge in [-0.05, 0) is 36.6 Å². The number of nitrogens with one attached hydrogen (secondary N) is 1. The molecule has 1 aromatic heterocycles. The van der Waals surface area contributed by atoms with Gasteiger partial charge in [0.05, 0.1) is 0 Å². The van der Waals surface area contributed by atoms with Crippen LogP contribution in [0.2, 0.25) is 0 Å². The molecule has 0 amide bonds. The Morgan fingerprint density at radius 3 is 2.59 bits per heavy atom. The Morgan fingerprint density at radius 1 is 1.35 bits per heavy atom. The summed E-state index contributed by atoms with van der Waals surface area (Å²) in [6.07, 6.45) is 6.18. The van der Waals surface area contributed by atoms with E-state index in [1.807, 2.05) is 18.5 Å². The number of aromatic nitrogens is 1. The van der Waals surface area contributed by atoms with E-state index in [1.54, 1.807) is 0 Å². The zero-order valence-corrected chi connectivity index (χ0v) is 11.2. The predicted octanol–water partition coefficient (Wildman–Crippen LogP) is 2.42. The van der Waals surface area contributed by atoms with E-state index in [0.717, 1.165) is 12.5 Å². The molecular weight excluding hydrogens is 210 g/mol. The molecule has 0 bridgehead atoms. The third kappa shape index (κ3) is 4.10. The first kappa shape index (κ1) is 14.1. The molecule has 17 heavy (non-hydrogen) atoms. The Bertz CT molecular complexity index is 321. The summed E-state index contributed by atoms with van der Waals surface area (Å²) in [6.45, 7) is 8.24. The van der Waals surface area contributed by atoms with E-state index in [-0.39, 0.29) is 6.04 Å². The monoisotopic (exact) mass is 235 g/mol. The molecule has 0 aromatic carbocycles. The summed E-state index contributed by atoms with van der Waals surface area (Å²) < 4.78 is 0. The lowest BCUT2D eigenvalue weighted by molar-refractivity contribution is 0.413. The van der Waals surface area contributed by atoms with Gasteiger partial charge >= 0.3 is 0 Å². The van der Waals surface area contributed by atoms with Crippen LogP contribution < -0.4 is 11.1 Å². The van der Waals surface area contributed by atoms with Crippen molar-refractivity contribution in [2.75, 3.05) is 13.1 Å². The molecule has 0 aliphatic carbocycles. The Kier molecular flexibility index (Phi) is 6.16. The molecule has 3 heteroatoms. The Morgan fingerprint density at radius 2 is 2.06 bits per heavy atom. The maximum atomic E-state index is 5.85. The summed E-state index contributed by atoms with van der Waals surface area (Å²) in [5, 5.41) is 3.56. The van der Waals surface area contributed by atoms with Crippen LogP contribution in [-0.2, 0) is 0 Å². The number of aryl methyl sites for hydroxylation is 1. The maximum Gasteiger partial charge on any atom is 0.0462 e. The summed E-state index contributed by atoms with van der Waals surface area (Å²) in [5.41, 5.74) is 8.33. The second-order valence-electron chi connectivity index (χ2n) is 4.61. The van der Waals surface area contributed by atoms with Gasteiger partial charge in [0.25, 0.3) is 0 Å². The normalized spacial score (nSPS) is 13.0. The summed E-state index contributed by atoms with van der Waals surface area (Å²) in [7, 11) is 0. The summed E-state index contributed by atoms with van der Waals surface area (Å²) in [5.74, 6) is 0.737. The molecular formula is C14H25N3. The molecule has 1 heterocycles. The summed E-state index contributed by atoms with van der Waals surface area (Å²) in [6, 6.07) is 2.26. The molecule has 0 fully saturated rings. The van der Waals surface area contributed by atoms with Crippen LogP contribution in [0.15, 0.2) is 18.5 Å². The molecule has 3 N–H and O–H groups in total. The second kappa shape index (κ2) is 7.41. The molecule has 3 nitrogen and oxygen atoms in total. The first-order chi connectivity index (χ1) is 8.22. The highest BCUT2D eigenvalue weighted by atomic mass is 14.9. The minimum absolute atomic E-state index is 0.226. The standard InChI is InChI=1S/C14H25N3/c1-4-12(5-2)9-17-14(8-15)13-10-16-7-6-11(13)3/h6-7,10,12,14,17H,4-5,8-9,15H2,1-3H3. The van der Waals surface area contributed by atoms with Gasteiger partial charge in [-0.2, -0.15) is 0 Å². The fraction of sp³-hybridized carbons (Fsp3) is 0.643. The van der Waals surface area contributed by atoms with Crippen LogP contribution in [0.25, 0.3) is 0 Å². The number of nitrogens with two attached hydrogens (primary N) is 1.